The van der Waals surface area contributed by atoms with E-state index in [0.717, 1.165) is 0 Å². The maximum absolute atomic E-state index is 11.3. The largest absolute Gasteiger partial charge is 0.424 e. The summed E-state index contributed by atoms with van der Waals surface area (Å²) < 4.78 is 4.83. The first-order valence-electron chi connectivity index (χ1n) is 3.82. The molecule has 66 valence electrons. The molecule has 1 aromatic carbocycles. The number of benzene rings is 1. The molecule has 0 aliphatic heterocycles. The third kappa shape index (κ3) is 2.60. The van der Waals surface area contributed by atoms with Gasteiger partial charge in [0, 0.05) is 0 Å². The molecule has 0 unspecified atom stereocenters. The van der Waals surface area contributed by atoms with Gasteiger partial charge in [-0.2, -0.15) is 0 Å². The van der Waals surface area contributed by atoms with Crippen LogP contribution in [-0.4, -0.2) is 5.97 Å². The van der Waals surface area contributed by atoms with Crippen molar-refractivity contribution in [1.29, 1.82) is 0 Å². The Labute approximate surface area is 77.2 Å². The Kier molecular flexibility index (Phi) is 3.03. The minimum Gasteiger partial charge on any atom is -0.424 e. The van der Waals surface area contributed by atoms with Gasteiger partial charge in [-0.3, -0.25) is 0 Å². The lowest BCUT2D eigenvalue weighted by Gasteiger charge is -2.01. The lowest BCUT2D eigenvalue weighted by atomic mass is 10.2. The van der Waals surface area contributed by atoms with E-state index in [-0.39, 0.29) is 5.76 Å². The summed E-state index contributed by atoms with van der Waals surface area (Å²) in [4.78, 5) is 11.3. The zero-order chi connectivity index (χ0) is 9.68. The fraction of sp³-hybridized carbons (Fsp3) is 0. The fourth-order valence-corrected chi connectivity index (χ4v) is 0.794. The molecular formula is C11H10O2. The van der Waals surface area contributed by atoms with Gasteiger partial charge in [0.15, 0.2) is 0 Å². The third-order valence-electron chi connectivity index (χ3n) is 1.46. The predicted molar refractivity (Wildman–Crippen MR) is 51.2 cm³/mol. The van der Waals surface area contributed by atoms with Crippen molar-refractivity contribution in [2.45, 2.75) is 0 Å². The summed E-state index contributed by atoms with van der Waals surface area (Å²) in [5, 5.41) is 0. The molecule has 0 N–H and O–H groups in total. The summed E-state index contributed by atoms with van der Waals surface area (Å²) >= 11 is 0. The second-order valence-corrected chi connectivity index (χ2v) is 2.43. The van der Waals surface area contributed by atoms with Gasteiger partial charge in [-0.25, -0.2) is 4.79 Å². The van der Waals surface area contributed by atoms with Gasteiger partial charge in [-0.15, -0.1) is 0 Å². The van der Waals surface area contributed by atoms with Crippen LogP contribution in [0.4, 0.5) is 0 Å². The predicted octanol–water partition coefficient (Wildman–Crippen LogP) is 2.54. The van der Waals surface area contributed by atoms with Crippen molar-refractivity contribution in [3.05, 3.63) is 60.9 Å². The van der Waals surface area contributed by atoms with Crippen LogP contribution in [0.25, 0.3) is 0 Å². The molecule has 2 nitrogen and oxygen atoms in total. The minimum atomic E-state index is -0.412. The lowest BCUT2D eigenvalue weighted by Crippen LogP contribution is -2.02. The van der Waals surface area contributed by atoms with Crippen LogP contribution in [0.15, 0.2) is 55.3 Å². The second kappa shape index (κ2) is 4.26. The van der Waals surface area contributed by atoms with E-state index < -0.39 is 5.97 Å². The van der Waals surface area contributed by atoms with Crippen molar-refractivity contribution in [2.24, 2.45) is 0 Å². The van der Waals surface area contributed by atoms with Crippen LogP contribution in [0.5, 0.6) is 0 Å². The Morgan fingerprint density at radius 2 is 1.92 bits per heavy atom. The van der Waals surface area contributed by atoms with Crippen molar-refractivity contribution >= 4 is 5.97 Å². The summed E-state index contributed by atoms with van der Waals surface area (Å²) in [5.41, 5.74) is 0.505. The SMILES string of the molecule is C=CC(=C)OC(=O)c1ccccc1. The molecule has 0 aromatic heterocycles. The van der Waals surface area contributed by atoms with Crippen LogP contribution < -0.4 is 0 Å². The van der Waals surface area contributed by atoms with Crippen LogP contribution in [-0.2, 0) is 4.74 Å². The van der Waals surface area contributed by atoms with Crippen molar-refractivity contribution in [3.8, 4) is 0 Å². The van der Waals surface area contributed by atoms with Gasteiger partial charge in [-0.05, 0) is 18.2 Å². The van der Waals surface area contributed by atoms with E-state index in [1.165, 1.54) is 6.08 Å². The molecule has 13 heavy (non-hydrogen) atoms. The zero-order valence-corrected chi connectivity index (χ0v) is 7.19. The molecule has 0 heterocycles. The Bertz CT molecular complexity index is 325. The molecule has 0 radical (unpaired) electrons. The monoisotopic (exact) mass is 174 g/mol. The highest BCUT2D eigenvalue weighted by Crippen LogP contribution is 2.04. The van der Waals surface area contributed by atoms with E-state index >= 15 is 0 Å². The van der Waals surface area contributed by atoms with Gasteiger partial charge in [-0.1, -0.05) is 31.4 Å². The zero-order valence-electron chi connectivity index (χ0n) is 7.19. The van der Waals surface area contributed by atoms with Crippen LogP contribution in [0, 0.1) is 0 Å². The summed E-state index contributed by atoms with van der Waals surface area (Å²) in [6, 6.07) is 8.73. The van der Waals surface area contributed by atoms with Crippen molar-refractivity contribution < 1.29 is 9.53 Å². The minimum absolute atomic E-state index is 0.258. The van der Waals surface area contributed by atoms with Gasteiger partial charge in [0.2, 0.25) is 0 Å². The summed E-state index contributed by atoms with van der Waals surface area (Å²) in [7, 11) is 0. The first kappa shape index (κ1) is 9.26. The summed E-state index contributed by atoms with van der Waals surface area (Å²) in [6.45, 7) is 6.91. The first-order chi connectivity index (χ1) is 6.24. The number of hydrogen-bond donors (Lipinski definition) is 0. The van der Waals surface area contributed by atoms with Crippen LogP contribution in [0.3, 0.4) is 0 Å². The maximum atomic E-state index is 11.3. The Morgan fingerprint density at radius 1 is 1.31 bits per heavy atom. The van der Waals surface area contributed by atoms with Gasteiger partial charge in [0.1, 0.15) is 5.76 Å². The average Bonchev–Trinajstić information content (AvgIpc) is 2.19. The number of rotatable bonds is 3. The smallest absolute Gasteiger partial charge is 0.343 e. The Morgan fingerprint density at radius 3 is 2.46 bits per heavy atom. The summed E-state index contributed by atoms with van der Waals surface area (Å²) in [6.07, 6.45) is 1.39. The van der Waals surface area contributed by atoms with Crippen LogP contribution in [0.2, 0.25) is 0 Å². The highest BCUT2D eigenvalue weighted by atomic mass is 16.5. The molecule has 0 spiro atoms. The van der Waals surface area contributed by atoms with Gasteiger partial charge in [0.25, 0.3) is 0 Å². The molecule has 1 aromatic rings. The summed E-state index contributed by atoms with van der Waals surface area (Å²) in [5.74, 6) is -0.153. The number of allylic oxidation sites excluding steroid dienone is 1. The molecule has 0 atom stereocenters. The van der Waals surface area contributed by atoms with Crippen molar-refractivity contribution in [3.63, 3.8) is 0 Å². The highest BCUT2D eigenvalue weighted by molar-refractivity contribution is 5.90. The molecule has 0 aliphatic carbocycles. The number of carbonyl (C=O) groups is 1. The van der Waals surface area contributed by atoms with Crippen LogP contribution >= 0.6 is 0 Å². The normalized spacial score (nSPS) is 8.92. The number of hydrogen-bond acceptors (Lipinski definition) is 2. The highest BCUT2D eigenvalue weighted by Gasteiger charge is 2.05. The lowest BCUT2D eigenvalue weighted by molar-refractivity contribution is 0.0638. The number of ether oxygens (including phenoxy) is 1. The average molecular weight is 174 g/mol. The fourth-order valence-electron chi connectivity index (χ4n) is 0.794. The third-order valence-corrected chi connectivity index (χ3v) is 1.46. The van der Waals surface area contributed by atoms with Gasteiger partial charge < -0.3 is 4.74 Å². The number of esters is 1. The van der Waals surface area contributed by atoms with Crippen molar-refractivity contribution in [2.75, 3.05) is 0 Å². The molecular weight excluding hydrogens is 164 g/mol. The van der Waals surface area contributed by atoms with E-state index in [1.807, 2.05) is 6.07 Å². The van der Waals surface area contributed by atoms with Crippen molar-refractivity contribution in [1.82, 2.24) is 0 Å². The molecule has 0 saturated heterocycles. The molecule has 0 bridgehead atoms. The molecule has 0 fully saturated rings. The molecule has 2 heteroatoms. The van der Waals surface area contributed by atoms with E-state index in [1.54, 1.807) is 24.3 Å². The molecule has 0 aliphatic rings. The Balaban J connectivity index is 2.70. The molecule has 0 saturated carbocycles. The van der Waals surface area contributed by atoms with E-state index in [2.05, 4.69) is 13.2 Å². The Hall–Kier alpha value is -1.83. The van der Waals surface area contributed by atoms with E-state index in [4.69, 9.17) is 4.74 Å². The van der Waals surface area contributed by atoms with Gasteiger partial charge >= 0.3 is 5.97 Å². The molecule has 0 amide bonds. The maximum Gasteiger partial charge on any atom is 0.343 e. The quantitative estimate of drug-likeness (QED) is 0.400. The first-order valence-corrected chi connectivity index (χ1v) is 3.82. The van der Waals surface area contributed by atoms with Crippen LogP contribution in [0.1, 0.15) is 10.4 Å². The van der Waals surface area contributed by atoms with Gasteiger partial charge in [0.05, 0.1) is 5.56 Å². The standard InChI is InChI=1S/C11H10O2/c1-3-9(2)13-11(12)10-7-5-4-6-8-10/h3-8H,1-2H2. The second-order valence-electron chi connectivity index (χ2n) is 2.43. The van der Waals surface area contributed by atoms with E-state index in [9.17, 15) is 4.79 Å². The number of carbonyl (C=O) groups excluding carboxylic acids is 1. The molecule has 1 rings (SSSR count). The van der Waals surface area contributed by atoms with E-state index in [0.29, 0.717) is 5.56 Å². The topological polar surface area (TPSA) is 26.3 Å².